The molecule has 1 saturated carbocycles. The highest BCUT2D eigenvalue weighted by Gasteiger charge is 2.26. The average molecular weight is 320 g/mol. The van der Waals surface area contributed by atoms with Gasteiger partial charge in [0, 0.05) is 12.0 Å². The van der Waals surface area contributed by atoms with Gasteiger partial charge in [-0.1, -0.05) is 6.07 Å². The summed E-state index contributed by atoms with van der Waals surface area (Å²) < 4.78 is 27.4. The molecule has 3 N–H and O–H groups in total. The third-order valence-corrected chi connectivity index (χ3v) is 3.36. The highest BCUT2D eigenvalue weighted by molar-refractivity contribution is 5.72. The predicted molar refractivity (Wildman–Crippen MR) is 79.8 cm³/mol. The Morgan fingerprint density at radius 3 is 2.57 bits per heavy atom. The van der Waals surface area contributed by atoms with E-state index in [0.29, 0.717) is 5.69 Å². The van der Waals surface area contributed by atoms with E-state index in [4.69, 9.17) is 5.11 Å². The zero-order chi connectivity index (χ0) is 16.4. The molecule has 1 heterocycles. The number of hydrogen-bond acceptors (Lipinski definition) is 5. The molecule has 0 bridgehead atoms. The smallest absolute Gasteiger partial charge is 0.322 e. The van der Waals surface area contributed by atoms with Crippen LogP contribution in [0.5, 0.6) is 0 Å². The summed E-state index contributed by atoms with van der Waals surface area (Å²) >= 11 is 0. The number of nitrogens with one attached hydrogen (secondary N) is 2. The molecule has 0 radical (unpaired) electrons. The zero-order valence-corrected chi connectivity index (χ0v) is 12.0. The van der Waals surface area contributed by atoms with Gasteiger partial charge in [-0.3, -0.25) is 4.79 Å². The molecule has 0 amide bonds. The van der Waals surface area contributed by atoms with Crippen molar-refractivity contribution in [3.63, 3.8) is 0 Å². The number of carboxylic acid groups (broad SMARTS) is 1. The van der Waals surface area contributed by atoms with E-state index in [2.05, 4.69) is 20.6 Å². The molecule has 2 aromatic rings. The Morgan fingerprint density at radius 2 is 1.96 bits per heavy atom. The molecule has 0 aliphatic heterocycles. The summed E-state index contributed by atoms with van der Waals surface area (Å²) in [5.41, 5.74) is 0.407. The van der Waals surface area contributed by atoms with Gasteiger partial charge in [-0.15, -0.1) is 0 Å². The molecule has 120 valence electrons. The van der Waals surface area contributed by atoms with Crippen LogP contribution < -0.4 is 10.6 Å². The van der Waals surface area contributed by atoms with Gasteiger partial charge in [0.25, 0.3) is 0 Å². The van der Waals surface area contributed by atoms with Crippen LogP contribution in [-0.2, 0) is 4.79 Å². The number of rotatable bonds is 6. The highest BCUT2D eigenvalue weighted by Crippen LogP contribution is 2.40. The van der Waals surface area contributed by atoms with Crippen LogP contribution >= 0.6 is 0 Å². The number of carbonyl (C=O) groups is 1. The summed E-state index contributed by atoms with van der Waals surface area (Å²) in [4.78, 5) is 18.9. The monoisotopic (exact) mass is 320 g/mol. The average Bonchev–Trinajstić information content (AvgIpc) is 3.34. The SMILES string of the molecule is O=C(O)CNc1nc(Nc2c(F)cccc2F)cc(C2CC2)n1. The lowest BCUT2D eigenvalue weighted by atomic mass is 10.2. The minimum Gasteiger partial charge on any atom is -0.480 e. The van der Waals surface area contributed by atoms with Crippen LogP contribution in [0.25, 0.3) is 0 Å². The van der Waals surface area contributed by atoms with Crippen LogP contribution in [0.1, 0.15) is 24.5 Å². The predicted octanol–water partition coefficient (Wildman–Crippen LogP) is 2.87. The first-order valence-corrected chi connectivity index (χ1v) is 7.08. The Hall–Kier alpha value is -2.77. The lowest BCUT2D eigenvalue weighted by Gasteiger charge is -2.11. The fourth-order valence-corrected chi connectivity index (χ4v) is 2.10. The van der Waals surface area contributed by atoms with Crippen molar-refractivity contribution in [2.24, 2.45) is 0 Å². The van der Waals surface area contributed by atoms with Crippen molar-refractivity contribution in [3.05, 3.63) is 41.6 Å². The first-order valence-electron chi connectivity index (χ1n) is 7.08. The summed E-state index contributed by atoms with van der Waals surface area (Å²) in [7, 11) is 0. The number of aliphatic carboxylic acids is 1. The normalized spacial score (nSPS) is 13.7. The van der Waals surface area contributed by atoms with Crippen molar-refractivity contribution in [2.75, 3.05) is 17.2 Å². The Kier molecular flexibility index (Phi) is 4.05. The molecule has 1 aliphatic carbocycles. The second-order valence-electron chi connectivity index (χ2n) is 5.24. The Bertz CT molecular complexity index is 730. The Balaban J connectivity index is 1.89. The maximum absolute atomic E-state index is 13.7. The largest absolute Gasteiger partial charge is 0.480 e. The molecule has 3 rings (SSSR count). The molecule has 0 unspecified atom stereocenters. The maximum Gasteiger partial charge on any atom is 0.322 e. The highest BCUT2D eigenvalue weighted by atomic mass is 19.1. The topological polar surface area (TPSA) is 87.1 Å². The van der Waals surface area contributed by atoms with Gasteiger partial charge in [-0.25, -0.2) is 13.8 Å². The maximum atomic E-state index is 13.7. The van der Waals surface area contributed by atoms with E-state index in [9.17, 15) is 13.6 Å². The number of nitrogens with zero attached hydrogens (tertiary/aromatic N) is 2. The van der Waals surface area contributed by atoms with Crippen molar-refractivity contribution in [3.8, 4) is 0 Å². The molecule has 1 aromatic heterocycles. The first kappa shape index (κ1) is 15.1. The molecule has 1 aromatic carbocycles. The molecule has 0 spiro atoms. The molecular formula is C15H14F2N4O2. The molecule has 1 aliphatic rings. The van der Waals surface area contributed by atoms with Gasteiger partial charge in [-0.05, 0) is 25.0 Å². The van der Waals surface area contributed by atoms with Gasteiger partial charge in [0.15, 0.2) is 0 Å². The Labute approximate surface area is 130 Å². The van der Waals surface area contributed by atoms with Crippen LogP contribution in [0.2, 0.25) is 0 Å². The first-order chi connectivity index (χ1) is 11.0. The third-order valence-electron chi connectivity index (χ3n) is 3.36. The van der Waals surface area contributed by atoms with E-state index in [1.54, 1.807) is 6.07 Å². The van der Waals surface area contributed by atoms with Gasteiger partial charge < -0.3 is 15.7 Å². The van der Waals surface area contributed by atoms with Gasteiger partial charge in [-0.2, -0.15) is 4.98 Å². The molecule has 23 heavy (non-hydrogen) atoms. The summed E-state index contributed by atoms with van der Waals surface area (Å²) in [5.74, 6) is -1.95. The van der Waals surface area contributed by atoms with Crippen LogP contribution in [0, 0.1) is 11.6 Å². The van der Waals surface area contributed by atoms with E-state index >= 15 is 0 Å². The second kappa shape index (κ2) is 6.15. The van der Waals surface area contributed by atoms with Crippen LogP contribution in [0.4, 0.5) is 26.2 Å². The number of para-hydroxylation sites is 1. The lowest BCUT2D eigenvalue weighted by Crippen LogP contribution is -2.15. The van der Waals surface area contributed by atoms with E-state index < -0.39 is 17.6 Å². The van der Waals surface area contributed by atoms with Gasteiger partial charge in [0.2, 0.25) is 5.95 Å². The van der Waals surface area contributed by atoms with Crippen molar-refractivity contribution in [1.29, 1.82) is 0 Å². The van der Waals surface area contributed by atoms with Crippen molar-refractivity contribution < 1.29 is 18.7 Å². The molecule has 0 atom stereocenters. The fraction of sp³-hybridized carbons (Fsp3) is 0.267. The quantitative estimate of drug-likeness (QED) is 0.758. The fourth-order valence-electron chi connectivity index (χ4n) is 2.10. The number of halogens is 2. The zero-order valence-electron chi connectivity index (χ0n) is 12.0. The van der Waals surface area contributed by atoms with E-state index in [1.165, 1.54) is 6.07 Å². The number of benzene rings is 1. The molecular weight excluding hydrogens is 306 g/mol. The number of anilines is 3. The molecule has 8 heteroatoms. The Morgan fingerprint density at radius 1 is 1.26 bits per heavy atom. The number of carboxylic acids is 1. The van der Waals surface area contributed by atoms with Crippen molar-refractivity contribution >= 4 is 23.4 Å². The third kappa shape index (κ3) is 3.71. The van der Waals surface area contributed by atoms with Crippen molar-refractivity contribution in [1.82, 2.24) is 9.97 Å². The summed E-state index contributed by atoms with van der Waals surface area (Å²) in [6, 6.07) is 5.16. The van der Waals surface area contributed by atoms with E-state index in [1.807, 2.05) is 0 Å². The number of aromatic nitrogens is 2. The van der Waals surface area contributed by atoms with E-state index in [-0.39, 0.29) is 29.9 Å². The molecule has 1 fully saturated rings. The lowest BCUT2D eigenvalue weighted by molar-refractivity contribution is -0.134. The molecule has 6 nitrogen and oxygen atoms in total. The minimum absolute atomic E-state index is 0.107. The van der Waals surface area contributed by atoms with Gasteiger partial charge in [0.05, 0.1) is 5.69 Å². The van der Waals surface area contributed by atoms with Crippen LogP contribution in [0.15, 0.2) is 24.3 Å². The van der Waals surface area contributed by atoms with Crippen LogP contribution in [0.3, 0.4) is 0 Å². The summed E-state index contributed by atoms with van der Waals surface area (Å²) in [5, 5.41) is 13.9. The summed E-state index contributed by atoms with van der Waals surface area (Å²) in [6.07, 6.45) is 1.95. The van der Waals surface area contributed by atoms with Gasteiger partial charge in [0.1, 0.15) is 29.7 Å². The van der Waals surface area contributed by atoms with Crippen LogP contribution in [-0.4, -0.2) is 27.6 Å². The van der Waals surface area contributed by atoms with E-state index in [0.717, 1.165) is 25.0 Å². The van der Waals surface area contributed by atoms with Crippen molar-refractivity contribution in [2.45, 2.75) is 18.8 Å². The van der Waals surface area contributed by atoms with Gasteiger partial charge >= 0.3 is 5.97 Å². The number of hydrogen-bond donors (Lipinski definition) is 3. The summed E-state index contributed by atoms with van der Waals surface area (Å²) in [6.45, 7) is -0.346. The minimum atomic E-state index is -1.06. The second-order valence-corrected chi connectivity index (χ2v) is 5.24. The standard InChI is InChI=1S/C15H14F2N4O2/c16-9-2-1-3-10(17)14(9)20-12-6-11(8-4-5-8)19-15(21-12)18-7-13(22)23/h1-3,6,8H,4-5,7H2,(H,22,23)(H2,18,19,20,21). The molecule has 0 saturated heterocycles.